The molecule has 4 heterocycles. The Morgan fingerprint density at radius 2 is 1.74 bits per heavy atom. The number of piperazine rings is 1. The van der Waals surface area contributed by atoms with E-state index < -0.39 is 13.0 Å². The molecule has 198 valence electrons. The molecule has 3 aromatic heterocycles. The Balaban J connectivity index is 1.21. The maximum Gasteiger partial charge on any atom is 0.333 e. The van der Waals surface area contributed by atoms with Crippen molar-refractivity contribution in [2.75, 3.05) is 29.4 Å². The number of hydrogen-bond acceptors (Lipinski definition) is 8. The predicted octanol–water partition coefficient (Wildman–Crippen LogP) is 3.33. The van der Waals surface area contributed by atoms with Gasteiger partial charge in [0.15, 0.2) is 11.6 Å². The summed E-state index contributed by atoms with van der Waals surface area (Å²) in [6.07, 6.45) is -1.44. The average molecular weight is 531 g/mol. The molecule has 0 bridgehead atoms. The zero-order valence-corrected chi connectivity index (χ0v) is 20.0. The highest BCUT2D eigenvalue weighted by atomic mass is 19.3. The highest BCUT2D eigenvalue weighted by Gasteiger charge is 2.28. The van der Waals surface area contributed by atoms with E-state index in [1.54, 1.807) is 24.0 Å². The standard InChI is InChI=1S/C23H21F4N9O2/c1-14-17(36(32-28-14)16-4-2-15(3-5-16)22(24)25)13-38-20-7-6-18(29-30-20)33-10-11-34(21(37)12-33)19-8-9-35(31-19)23(26)27/h2-9,22-23H,10-13H2,1H3. The zero-order valence-electron chi connectivity index (χ0n) is 20.0. The van der Waals surface area contributed by atoms with Crippen LogP contribution in [0.15, 0.2) is 48.7 Å². The van der Waals surface area contributed by atoms with E-state index in [-0.39, 0.29) is 42.9 Å². The van der Waals surface area contributed by atoms with Crippen LogP contribution in [0.3, 0.4) is 0 Å². The summed E-state index contributed by atoms with van der Waals surface area (Å²) in [6.45, 7) is -0.365. The molecule has 0 spiro atoms. The smallest absolute Gasteiger partial charge is 0.333 e. The topological polar surface area (TPSA) is 107 Å². The van der Waals surface area contributed by atoms with Crippen LogP contribution in [0, 0.1) is 6.92 Å². The number of alkyl halides is 4. The number of nitrogens with zero attached hydrogens (tertiary/aromatic N) is 9. The maximum atomic E-state index is 12.9. The van der Waals surface area contributed by atoms with Gasteiger partial charge in [-0.15, -0.1) is 20.4 Å². The Labute approximate surface area is 213 Å². The van der Waals surface area contributed by atoms with Crippen LogP contribution < -0.4 is 14.5 Å². The van der Waals surface area contributed by atoms with Gasteiger partial charge in [0.2, 0.25) is 11.8 Å². The lowest BCUT2D eigenvalue weighted by atomic mass is 10.2. The average Bonchev–Trinajstić information content (AvgIpc) is 3.55. The molecule has 0 atom stereocenters. The number of rotatable bonds is 8. The highest BCUT2D eigenvalue weighted by molar-refractivity contribution is 5.96. The number of anilines is 2. The number of carbonyl (C=O) groups excluding carboxylic acids is 1. The van der Waals surface area contributed by atoms with E-state index in [0.29, 0.717) is 34.1 Å². The fourth-order valence-electron chi connectivity index (χ4n) is 3.90. The summed E-state index contributed by atoms with van der Waals surface area (Å²) in [5.41, 5.74) is 1.67. The fraction of sp³-hybridized carbons (Fsp3) is 0.304. The number of aromatic nitrogens is 7. The van der Waals surface area contributed by atoms with Crippen LogP contribution in [0.4, 0.5) is 29.2 Å². The van der Waals surface area contributed by atoms with Gasteiger partial charge in [-0.05, 0) is 25.1 Å². The zero-order chi connectivity index (χ0) is 26.8. The van der Waals surface area contributed by atoms with E-state index in [0.717, 1.165) is 6.20 Å². The Morgan fingerprint density at radius 3 is 2.37 bits per heavy atom. The molecule has 1 aliphatic rings. The van der Waals surface area contributed by atoms with E-state index >= 15 is 0 Å². The molecule has 15 heteroatoms. The predicted molar refractivity (Wildman–Crippen MR) is 125 cm³/mol. The lowest BCUT2D eigenvalue weighted by Gasteiger charge is -2.33. The quantitative estimate of drug-likeness (QED) is 0.319. The van der Waals surface area contributed by atoms with E-state index in [9.17, 15) is 22.4 Å². The van der Waals surface area contributed by atoms with Gasteiger partial charge < -0.3 is 9.64 Å². The van der Waals surface area contributed by atoms with Crippen molar-refractivity contribution in [3.63, 3.8) is 0 Å². The normalized spacial score (nSPS) is 14.1. The summed E-state index contributed by atoms with van der Waals surface area (Å²) in [6, 6.07) is 10.3. The summed E-state index contributed by atoms with van der Waals surface area (Å²) < 4.78 is 59.0. The van der Waals surface area contributed by atoms with Gasteiger partial charge in [-0.2, -0.15) is 8.78 Å². The van der Waals surface area contributed by atoms with Crippen LogP contribution in [0.5, 0.6) is 5.88 Å². The number of carbonyl (C=O) groups is 1. The van der Waals surface area contributed by atoms with Gasteiger partial charge in [-0.25, -0.2) is 18.1 Å². The van der Waals surface area contributed by atoms with Crippen molar-refractivity contribution < 1.29 is 27.1 Å². The molecule has 1 amide bonds. The molecule has 0 radical (unpaired) electrons. The first-order valence-electron chi connectivity index (χ1n) is 11.4. The summed E-state index contributed by atoms with van der Waals surface area (Å²) >= 11 is 0. The van der Waals surface area contributed by atoms with Crippen molar-refractivity contribution in [3.05, 3.63) is 65.6 Å². The number of halogens is 4. The third-order valence-electron chi connectivity index (χ3n) is 5.95. The summed E-state index contributed by atoms with van der Waals surface area (Å²) in [5.74, 6) is 0.524. The van der Waals surface area contributed by atoms with Crippen molar-refractivity contribution in [1.29, 1.82) is 0 Å². The molecular weight excluding hydrogens is 510 g/mol. The van der Waals surface area contributed by atoms with E-state index in [2.05, 4.69) is 25.6 Å². The van der Waals surface area contributed by atoms with E-state index in [4.69, 9.17) is 4.74 Å². The molecule has 0 saturated carbocycles. The van der Waals surface area contributed by atoms with E-state index in [1.165, 1.54) is 39.9 Å². The second-order valence-corrected chi connectivity index (χ2v) is 8.34. The van der Waals surface area contributed by atoms with Crippen LogP contribution in [-0.4, -0.2) is 60.5 Å². The first-order chi connectivity index (χ1) is 18.3. The number of hydrogen-bond donors (Lipinski definition) is 0. The van der Waals surface area contributed by atoms with Gasteiger partial charge >= 0.3 is 6.55 Å². The number of ether oxygens (including phenoxy) is 1. The second kappa shape index (κ2) is 10.4. The Bertz CT molecular complexity index is 1410. The van der Waals surface area contributed by atoms with Crippen molar-refractivity contribution >= 4 is 17.5 Å². The van der Waals surface area contributed by atoms with Gasteiger partial charge in [-0.3, -0.25) is 9.69 Å². The minimum absolute atomic E-state index is 0.0230. The van der Waals surface area contributed by atoms with Crippen LogP contribution in [-0.2, 0) is 11.4 Å². The summed E-state index contributed by atoms with van der Waals surface area (Å²) in [5, 5.41) is 20.1. The molecule has 5 rings (SSSR count). The van der Waals surface area contributed by atoms with Gasteiger partial charge in [0.1, 0.15) is 12.3 Å². The second-order valence-electron chi connectivity index (χ2n) is 8.34. The lowest BCUT2D eigenvalue weighted by molar-refractivity contribution is -0.118. The third-order valence-corrected chi connectivity index (χ3v) is 5.95. The van der Waals surface area contributed by atoms with Crippen molar-refractivity contribution in [2.24, 2.45) is 0 Å². The highest BCUT2D eigenvalue weighted by Crippen LogP contribution is 2.23. The van der Waals surface area contributed by atoms with Gasteiger partial charge in [-0.1, -0.05) is 17.3 Å². The Morgan fingerprint density at radius 1 is 0.947 bits per heavy atom. The molecule has 38 heavy (non-hydrogen) atoms. The lowest BCUT2D eigenvalue weighted by Crippen LogP contribution is -2.51. The summed E-state index contributed by atoms with van der Waals surface area (Å²) in [4.78, 5) is 15.7. The molecule has 0 unspecified atom stereocenters. The first kappa shape index (κ1) is 25.1. The molecule has 4 aromatic rings. The first-order valence-corrected chi connectivity index (χ1v) is 11.4. The number of amides is 1. The molecule has 1 saturated heterocycles. The van der Waals surface area contributed by atoms with Crippen molar-refractivity contribution in [2.45, 2.75) is 26.5 Å². The van der Waals surface area contributed by atoms with Crippen molar-refractivity contribution in [1.82, 2.24) is 35.0 Å². The molecule has 0 aliphatic carbocycles. The van der Waals surface area contributed by atoms with Crippen molar-refractivity contribution in [3.8, 4) is 11.6 Å². The minimum atomic E-state index is -2.78. The largest absolute Gasteiger partial charge is 0.470 e. The van der Waals surface area contributed by atoms with Gasteiger partial charge in [0.05, 0.1) is 17.9 Å². The molecule has 1 aliphatic heterocycles. The number of aryl methyl sites for hydroxylation is 1. The fourth-order valence-corrected chi connectivity index (χ4v) is 3.90. The van der Waals surface area contributed by atoms with Gasteiger partial charge in [0.25, 0.3) is 6.43 Å². The SMILES string of the molecule is Cc1nnn(-c2ccc(C(F)F)cc2)c1COc1ccc(N2CCN(c3ccn(C(F)F)n3)C(=O)C2)nn1. The maximum absolute atomic E-state index is 12.9. The Hall–Kier alpha value is -4.56. The molecule has 1 fully saturated rings. The molecule has 1 aromatic carbocycles. The Kier molecular flexibility index (Phi) is 6.89. The molecule has 11 nitrogen and oxygen atoms in total. The monoisotopic (exact) mass is 531 g/mol. The minimum Gasteiger partial charge on any atom is -0.470 e. The van der Waals surface area contributed by atoms with Crippen LogP contribution >= 0.6 is 0 Å². The van der Waals surface area contributed by atoms with Crippen LogP contribution in [0.1, 0.15) is 29.9 Å². The van der Waals surface area contributed by atoms with E-state index in [1.807, 2.05) is 0 Å². The number of benzene rings is 1. The molecular formula is C23H21F4N9O2. The van der Waals surface area contributed by atoms with Crippen LogP contribution in [0.25, 0.3) is 5.69 Å². The third kappa shape index (κ3) is 5.12. The van der Waals surface area contributed by atoms with Crippen LogP contribution in [0.2, 0.25) is 0 Å². The summed E-state index contributed by atoms with van der Waals surface area (Å²) in [7, 11) is 0. The van der Waals surface area contributed by atoms with Gasteiger partial charge in [0, 0.05) is 37.0 Å². The molecule has 0 N–H and O–H groups in total.